The largest absolute Gasteiger partial charge is 0.454 e. The summed E-state index contributed by atoms with van der Waals surface area (Å²) < 4.78 is 36.5. The fraction of sp³-hybridized carbons (Fsp3) is 0.100. The third kappa shape index (κ3) is 1.86. The number of ether oxygens (including phenoxy) is 2. The summed E-state index contributed by atoms with van der Waals surface area (Å²) in [6, 6.07) is 6.18. The van der Waals surface area contributed by atoms with E-state index in [9.17, 15) is 8.42 Å². The third-order valence-electron chi connectivity index (χ3n) is 2.39. The molecule has 1 aromatic carbocycles. The van der Waals surface area contributed by atoms with Crippen LogP contribution in [0, 0.1) is 0 Å². The van der Waals surface area contributed by atoms with Crippen LogP contribution in [0.2, 0.25) is 0 Å². The second-order valence-corrected chi connectivity index (χ2v) is 5.25. The molecule has 0 spiro atoms. The molecule has 8 heteroatoms. The number of H-pyrrole nitrogens is 1. The minimum absolute atomic E-state index is 0.000154. The number of nitrogens with one attached hydrogen (secondary N) is 2. The first-order valence-corrected chi connectivity index (χ1v) is 6.55. The fourth-order valence-corrected chi connectivity index (χ4v) is 2.52. The van der Waals surface area contributed by atoms with Crippen molar-refractivity contribution in [1.82, 2.24) is 10.2 Å². The van der Waals surface area contributed by atoms with E-state index in [1.165, 1.54) is 12.3 Å². The maximum absolute atomic E-state index is 11.9. The van der Waals surface area contributed by atoms with Crippen molar-refractivity contribution in [3.8, 4) is 11.5 Å². The van der Waals surface area contributed by atoms with E-state index in [1.54, 1.807) is 18.2 Å². The van der Waals surface area contributed by atoms with Crippen LogP contribution >= 0.6 is 0 Å². The molecule has 1 aromatic heterocycles. The third-order valence-corrected chi connectivity index (χ3v) is 3.70. The van der Waals surface area contributed by atoms with Crippen LogP contribution in [-0.4, -0.2) is 25.4 Å². The van der Waals surface area contributed by atoms with Crippen molar-refractivity contribution in [2.75, 3.05) is 11.5 Å². The zero-order valence-corrected chi connectivity index (χ0v) is 9.90. The Kier molecular flexibility index (Phi) is 2.37. The summed E-state index contributed by atoms with van der Waals surface area (Å²) in [7, 11) is -3.65. The fourth-order valence-electron chi connectivity index (χ4n) is 1.56. The Morgan fingerprint density at radius 2 is 2.06 bits per heavy atom. The number of nitrogens with zero attached hydrogens (tertiary/aromatic N) is 1. The predicted molar refractivity (Wildman–Crippen MR) is 62.0 cm³/mol. The molecule has 2 heterocycles. The van der Waals surface area contributed by atoms with Gasteiger partial charge in [0.2, 0.25) is 6.79 Å². The molecule has 1 aliphatic heterocycles. The lowest BCUT2D eigenvalue weighted by Gasteiger charge is -2.06. The van der Waals surface area contributed by atoms with Crippen molar-refractivity contribution in [2.45, 2.75) is 5.03 Å². The van der Waals surface area contributed by atoms with Gasteiger partial charge in [-0.3, -0.25) is 9.82 Å². The minimum atomic E-state index is -3.65. The molecule has 0 fully saturated rings. The van der Waals surface area contributed by atoms with Crippen LogP contribution in [0.15, 0.2) is 35.5 Å². The Morgan fingerprint density at radius 3 is 2.83 bits per heavy atom. The molecular formula is C10H9N3O4S. The van der Waals surface area contributed by atoms with Gasteiger partial charge in [-0.15, -0.1) is 0 Å². The van der Waals surface area contributed by atoms with Gasteiger partial charge in [0.1, 0.15) is 0 Å². The molecule has 18 heavy (non-hydrogen) atoms. The van der Waals surface area contributed by atoms with Gasteiger partial charge in [-0.2, -0.15) is 13.5 Å². The zero-order chi connectivity index (χ0) is 12.6. The second kappa shape index (κ2) is 3.91. The molecule has 7 nitrogen and oxygen atoms in total. The average molecular weight is 267 g/mol. The summed E-state index contributed by atoms with van der Waals surface area (Å²) >= 11 is 0. The molecule has 94 valence electrons. The van der Waals surface area contributed by atoms with Crippen LogP contribution in [0.25, 0.3) is 0 Å². The maximum Gasteiger partial charge on any atom is 0.278 e. The van der Waals surface area contributed by atoms with Crippen LogP contribution < -0.4 is 14.2 Å². The molecular weight excluding hydrogens is 258 g/mol. The lowest BCUT2D eigenvalue weighted by molar-refractivity contribution is 0.174. The van der Waals surface area contributed by atoms with Crippen LogP contribution in [-0.2, 0) is 10.0 Å². The first kappa shape index (κ1) is 10.9. The van der Waals surface area contributed by atoms with Gasteiger partial charge < -0.3 is 9.47 Å². The van der Waals surface area contributed by atoms with Crippen LogP contribution in [0.4, 0.5) is 5.69 Å². The number of anilines is 1. The molecule has 0 aliphatic carbocycles. The molecule has 0 radical (unpaired) electrons. The first-order chi connectivity index (χ1) is 8.65. The van der Waals surface area contributed by atoms with Gasteiger partial charge in [0.25, 0.3) is 10.0 Å². The van der Waals surface area contributed by atoms with E-state index in [-0.39, 0.29) is 11.8 Å². The van der Waals surface area contributed by atoms with Crippen molar-refractivity contribution in [3.05, 3.63) is 30.5 Å². The number of hydrogen-bond donors (Lipinski definition) is 2. The Bertz CT molecular complexity index is 666. The van der Waals surface area contributed by atoms with Crippen LogP contribution in [0.3, 0.4) is 0 Å². The smallest absolute Gasteiger partial charge is 0.278 e. The van der Waals surface area contributed by atoms with Crippen molar-refractivity contribution < 1.29 is 17.9 Å². The molecule has 1 aliphatic rings. The van der Waals surface area contributed by atoms with Gasteiger partial charge in [-0.05, 0) is 18.2 Å². The highest BCUT2D eigenvalue weighted by atomic mass is 32.2. The maximum atomic E-state index is 11.9. The van der Waals surface area contributed by atoms with Gasteiger partial charge >= 0.3 is 0 Å². The Hall–Kier alpha value is -2.22. The van der Waals surface area contributed by atoms with Crippen molar-refractivity contribution >= 4 is 15.7 Å². The molecule has 0 atom stereocenters. The summed E-state index contributed by atoms with van der Waals surface area (Å²) in [6.45, 7) is 0.145. The topological polar surface area (TPSA) is 93.3 Å². The van der Waals surface area contributed by atoms with Gasteiger partial charge in [-0.1, -0.05) is 0 Å². The van der Waals surface area contributed by atoms with E-state index in [0.717, 1.165) is 0 Å². The van der Waals surface area contributed by atoms with E-state index in [4.69, 9.17) is 9.47 Å². The van der Waals surface area contributed by atoms with Gasteiger partial charge in [-0.25, -0.2) is 0 Å². The molecule has 0 saturated carbocycles. The average Bonchev–Trinajstić information content (AvgIpc) is 2.99. The summed E-state index contributed by atoms with van der Waals surface area (Å²) in [5.74, 6) is 1.11. The van der Waals surface area contributed by atoms with E-state index in [2.05, 4.69) is 14.9 Å². The van der Waals surface area contributed by atoms with Crippen LogP contribution in [0.1, 0.15) is 0 Å². The predicted octanol–water partition coefficient (Wildman–Crippen LogP) is 0.939. The number of sulfonamides is 1. The molecule has 2 aromatic rings. The lowest BCUT2D eigenvalue weighted by atomic mass is 10.3. The molecule has 0 bridgehead atoms. The van der Waals surface area contributed by atoms with E-state index >= 15 is 0 Å². The van der Waals surface area contributed by atoms with Crippen molar-refractivity contribution in [3.63, 3.8) is 0 Å². The molecule has 3 rings (SSSR count). The number of benzene rings is 1. The minimum Gasteiger partial charge on any atom is -0.454 e. The standard InChI is InChI=1S/C10H9N3O4S/c14-18(15,10-3-4-11-12-10)13-7-1-2-8-9(5-7)17-6-16-8/h1-5,13H,6H2,(H,11,12). The number of fused-ring (bicyclic) bond motifs is 1. The first-order valence-electron chi connectivity index (χ1n) is 5.07. The molecule has 0 amide bonds. The van der Waals surface area contributed by atoms with Gasteiger partial charge in [0, 0.05) is 6.07 Å². The molecule has 0 saturated heterocycles. The van der Waals surface area contributed by atoms with Gasteiger partial charge in [0.05, 0.1) is 11.9 Å². The number of aromatic amines is 1. The van der Waals surface area contributed by atoms with Crippen LogP contribution in [0.5, 0.6) is 11.5 Å². The normalized spacial score (nSPS) is 13.6. The van der Waals surface area contributed by atoms with E-state index in [1.807, 2.05) is 0 Å². The highest BCUT2D eigenvalue weighted by Crippen LogP contribution is 2.34. The second-order valence-electron chi connectivity index (χ2n) is 3.59. The quantitative estimate of drug-likeness (QED) is 0.863. The summed E-state index contributed by atoms with van der Waals surface area (Å²) in [5, 5.41) is 5.99. The lowest BCUT2D eigenvalue weighted by Crippen LogP contribution is -2.13. The summed E-state index contributed by atoms with van der Waals surface area (Å²) in [5.41, 5.74) is 0.397. The Balaban J connectivity index is 1.89. The zero-order valence-electron chi connectivity index (χ0n) is 9.08. The van der Waals surface area contributed by atoms with Crippen molar-refractivity contribution in [2.24, 2.45) is 0 Å². The monoisotopic (exact) mass is 267 g/mol. The van der Waals surface area contributed by atoms with Gasteiger partial charge in [0.15, 0.2) is 16.5 Å². The summed E-state index contributed by atoms with van der Waals surface area (Å²) in [4.78, 5) is 0. The van der Waals surface area contributed by atoms with E-state index < -0.39 is 10.0 Å². The number of aromatic nitrogens is 2. The molecule has 2 N–H and O–H groups in total. The Labute approximate surface area is 103 Å². The van der Waals surface area contributed by atoms with E-state index in [0.29, 0.717) is 17.2 Å². The highest BCUT2D eigenvalue weighted by molar-refractivity contribution is 7.92. The van der Waals surface area contributed by atoms with Crippen molar-refractivity contribution in [1.29, 1.82) is 0 Å². The Morgan fingerprint density at radius 1 is 1.22 bits per heavy atom. The summed E-state index contributed by atoms with van der Waals surface area (Å²) in [6.07, 6.45) is 1.37. The highest BCUT2D eigenvalue weighted by Gasteiger charge is 2.18. The number of hydrogen-bond acceptors (Lipinski definition) is 5. The molecule has 0 unspecified atom stereocenters. The number of rotatable bonds is 3. The SMILES string of the molecule is O=S(=O)(Nc1ccc2c(c1)OCO2)c1ccn[nH]1.